The molecule has 0 aliphatic carbocycles. The molecular formula is C11H9N5O. The lowest BCUT2D eigenvalue weighted by atomic mass is 10.1. The highest BCUT2D eigenvalue weighted by Gasteiger charge is 2.08. The molecule has 0 radical (unpaired) electrons. The van der Waals surface area contributed by atoms with Crippen molar-refractivity contribution in [3.05, 3.63) is 30.6 Å². The lowest BCUT2D eigenvalue weighted by Crippen LogP contribution is -1.91. The van der Waals surface area contributed by atoms with E-state index < -0.39 is 0 Å². The van der Waals surface area contributed by atoms with Crippen molar-refractivity contribution in [3.8, 4) is 17.0 Å². The third kappa shape index (κ3) is 1.59. The molecule has 0 fully saturated rings. The fraction of sp³-hybridized carbons (Fsp3) is 0.0909. The number of aromatic amines is 1. The smallest absolute Gasteiger partial charge is 0.221 e. The van der Waals surface area contributed by atoms with Gasteiger partial charge in [-0.25, -0.2) is 9.97 Å². The summed E-state index contributed by atoms with van der Waals surface area (Å²) in [7, 11) is 1.59. The maximum Gasteiger partial charge on any atom is 0.221 e. The molecule has 0 unspecified atom stereocenters. The minimum absolute atomic E-state index is 0.567. The molecule has 84 valence electrons. The average Bonchev–Trinajstić information content (AvgIpc) is 2.85. The number of nitrogens with one attached hydrogen (secondary N) is 1. The Morgan fingerprint density at radius 2 is 2.18 bits per heavy atom. The molecule has 0 amide bonds. The minimum Gasteiger partial charge on any atom is -0.481 e. The highest BCUT2D eigenvalue weighted by atomic mass is 16.5. The van der Waals surface area contributed by atoms with E-state index in [1.54, 1.807) is 19.5 Å². The fourth-order valence-electron chi connectivity index (χ4n) is 1.66. The van der Waals surface area contributed by atoms with E-state index in [4.69, 9.17) is 4.74 Å². The van der Waals surface area contributed by atoms with Crippen LogP contribution in [-0.4, -0.2) is 32.5 Å². The molecular weight excluding hydrogens is 218 g/mol. The summed E-state index contributed by atoms with van der Waals surface area (Å²) in [5.41, 5.74) is 3.09. The Bertz CT molecular complexity index is 664. The molecule has 0 spiro atoms. The predicted octanol–water partition coefficient (Wildman–Crippen LogP) is 1.42. The zero-order valence-corrected chi connectivity index (χ0v) is 9.08. The summed E-state index contributed by atoms with van der Waals surface area (Å²) in [4.78, 5) is 8.35. The maximum atomic E-state index is 5.21. The monoisotopic (exact) mass is 227 g/mol. The molecule has 6 nitrogen and oxygen atoms in total. The van der Waals surface area contributed by atoms with Gasteiger partial charge in [-0.05, 0) is 18.2 Å². The molecule has 0 bridgehead atoms. The number of pyridine rings is 2. The van der Waals surface area contributed by atoms with Gasteiger partial charge in [0.15, 0.2) is 0 Å². The van der Waals surface area contributed by atoms with Crippen LogP contribution in [0.2, 0.25) is 0 Å². The Labute approximate surface area is 96.7 Å². The molecule has 0 aromatic carbocycles. The maximum absolute atomic E-state index is 5.21. The van der Waals surface area contributed by atoms with Crippen LogP contribution in [0, 0.1) is 0 Å². The van der Waals surface area contributed by atoms with Gasteiger partial charge in [0.05, 0.1) is 7.11 Å². The standard InChI is InChI=1S/C11H9N5O/c1-17-11-8(3-2-4-12-11)7-5-9-10(13-6-7)15-16-14-9/h2-6H,1H3,(H,13,14,15,16). The SMILES string of the molecule is COc1ncccc1-c1cnc2n[nH]nc2c1. The van der Waals surface area contributed by atoms with Gasteiger partial charge in [-0.3, -0.25) is 0 Å². The van der Waals surface area contributed by atoms with Crippen LogP contribution in [0.15, 0.2) is 30.6 Å². The number of hydrogen-bond acceptors (Lipinski definition) is 5. The zero-order chi connectivity index (χ0) is 11.7. The predicted molar refractivity (Wildman–Crippen MR) is 61.5 cm³/mol. The minimum atomic E-state index is 0.567. The van der Waals surface area contributed by atoms with Gasteiger partial charge in [-0.15, -0.1) is 5.10 Å². The van der Waals surface area contributed by atoms with Gasteiger partial charge in [0.25, 0.3) is 0 Å². The topological polar surface area (TPSA) is 76.6 Å². The summed E-state index contributed by atoms with van der Waals surface area (Å²) in [5.74, 6) is 0.567. The van der Waals surface area contributed by atoms with Crippen molar-refractivity contribution in [2.45, 2.75) is 0 Å². The fourth-order valence-corrected chi connectivity index (χ4v) is 1.66. The molecule has 0 atom stereocenters. The van der Waals surface area contributed by atoms with Crippen molar-refractivity contribution >= 4 is 11.2 Å². The van der Waals surface area contributed by atoms with Crippen molar-refractivity contribution in [3.63, 3.8) is 0 Å². The summed E-state index contributed by atoms with van der Waals surface area (Å²) in [6.07, 6.45) is 3.41. The van der Waals surface area contributed by atoms with Crippen LogP contribution in [0.1, 0.15) is 0 Å². The van der Waals surface area contributed by atoms with Gasteiger partial charge in [0, 0.05) is 23.5 Å². The van der Waals surface area contributed by atoms with Crippen LogP contribution < -0.4 is 4.74 Å². The Morgan fingerprint density at radius 1 is 1.24 bits per heavy atom. The van der Waals surface area contributed by atoms with Gasteiger partial charge in [0.2, 0.25) is 11.5 Å². The van der Waals surface area contributed by atoms with Crippen LogP contribution in [-0.2, 0) is 0 Å². The highest BCUT2D eigenvalue weighted by molar-refractivity contribution is 5.78. The molecule has 1 N–H and O–H groups in total. The van der Waals surface area contributed by atoms with E-state index in [1.165, 1.54) is 0 Å². The highest BCUT2D eigenvalue weighted by Crippen LogP contribution is 2.27. The summed E-state index contributed by atoms with van der Waals surface area (Å²) >= 11 is 0. The van der Waals surface area contributed by atoms with E-state index in [9.17, 15) is 0 Å². The van der Waals surface area contributed by atoms with E-state index in [0.29, 0.717) is 17.0 Å². The molecule has 17 heavy (non-hydrogen) atoms. The van der Waals surface area contributed by atoms with E-state index in [1.807, 2.05) is 18.2 Å². The Kier molecular flexibility index (Phi) is 2.18. The van der Waals surface area contributed by atoms with Crippen molar-refractivity contribution in [2.24, 2.45) is 0 Å². The Morgan fingerprint density at radius 3 is 3.06 bits per heavy atom. The molecule has 3 aromatic heterocycles. The summed E-state index contributed by atoms with van der Waals surface area (Å²) in [5, 5.41) is 10.4. The number of H-pyrrole nitrogens is 1. The number of ether oxygens (including phenoxy) is 1. The Hall–Kier alpha value is -2.50. The van der Waals surface area contributed by atoms with Crippen LogP contribution in [0.25, 0.3) is 22.3 Å². The van der Waals surface area contributed by atoms with E-state index >= 15 is 0 Å². The molecule has 3 heterocycles. The second kappa shape index (κ2) is 3.82. The molecule has 0 saturated heterocycles. The van der Waals surface area contributed by atoms with Gasteiger partial charge >= 0.3 is 0 Å². The Balaban J connectivity index is 2.19. The largest absolute Gasteiger partial charge is 0.481 e. The first-order valence-electron chi connectivity index (χ1n) is 5.04. The third-order valence-electron chi connectivity index (χ3n) is 2.45. The lowest BCUT2D eigenvalue weighted by Gasteiger charge is -2.05. The molecule has 6 heteroatoms. The van der Waals surface area contributed by atoms with E-state index in [-0.39, 0.29) is 0 Å². The number of hydrogen-bond donors (Lipinski definition) is 1. The lowest BCUT2D eigenvalue weighted by molar-refractivity contribution is 0.399. The van der Waals surface area contributed by atoms with Crippen molar-refractivity contribution in [1.29, 1.82) is 0 Å². The number of nitrogens with zero attached hydrogens (tertiary/aromatic N) is 4. The van der Waals surface area contributed by atoms with Gasteiger partial charge in [-0.2, -0.15) is 10.3 Å². The summed E-state index contributed by atoms with van der Waals surface area (Å²) < 4.78 is 5.21. The quantitative estimate of drug-likeness (QED) is 0.716. The average molecular weight is 227 g/mol. The van der Waals surface area contributed by atoms with Crippen molar-refractivity contribution in [2.75, 3.05) is 7.11 Å². The molecule has 0 saturated carbocycles. The first-order chi connectivity index (χ1) is 8.38. The summed E-state index contributed by atoms with van der Waals surface area (Å²) in [6.45, 7) is 0. The number of rotatable bonds is 2. The first kappa shape index (κ1) is 9.71. The van der Waals surface area contributed by atoms with Crippen LogP contribution in [0.4, 0.5) is 0 Å². The van der Waals surface area contributed by atoms with E-state index in [2.05, 4.69) is 25.4 Å². The molecule has 0 aliphatic rings. The van der Waals surface area contributed by atoms with Crippen molar-refractivity contribution in [1.82, 2.24) is 25.4 Å². The molecule has 0 aliphatic heterocycles. The van der Waals surface area contributed by atoms with Crippen LogP contribution >= 0.6 is 0 Å². The van der Waals surface area contributed by atoms with Gasteiger partial charge in [-0.1, -0.05) is 0 Å². The second-order valence-corrected chi connectivity index (χ2v) is 3.45. The number of fused-ring (bicyclic) bond motifs is 1. The molecule has 3 rings (SSSR count). The van der Waals surface area contributed by atoms with Crippen LogP contribution in [0.5, 0.6) is 5.88 Å². The first-order valence-corrected chi connectivity index (χ1v) is 5.04. The van der Waals surface area contributed by atoms with Gasteiger partial charge in [0.1, 0.15) is 5.52 Å². The van der Waals surface area contributed by atoms with Gasteiger partial charge < -0.3 is 4.74 Å². The van der Waals surface area contributed by atoms with E-state index in [0.717, 1.165) is 11.1 Å². The van der Waals surface area contributed by atoms with Crippen molar-refractivity contribution < 1.29 is 4.74 Å². The number of aromatic nitrogens is 5. The number of methoxy groups -OCH3 is 1. The second-order valence-electron chi connectivity index (χ2n) is 3.45. The normalized spacial score (nSPS) is 10.6. The van der Waals surface area contributed by atoms with Crippen LogP contribution in [0.3, 0.4) is 0 Å². The zero-order valence-electron chi connectivity index (χ0n) is 9.08. The third-order valence-corrected chi connectivity index (χ3v) is 2.45. The summed E-state index contributed by atoms with van der Waals surface area (Å²) in [6, 6.07) is 5.67. The molecule has 3 aromatic rings.